The van der Waals surface area contributed by atoms with Gasteiger partial charge in [-0.05, 0) is 49.9 Å². The Bertz CT molecular complexity index is 778. The van der Waals surface area contributed by atoms with Gasteiger partial charge in [0.15, 0.2) is 0 Å². The fraction of sp³-hybridized carbons (Fsp3) is 0.500. The van der Waals surface area contributed by atoms with Gasteiger partial charge in [-0.2, -0.15) is 0 Å². The van der Waals surface area contributed by atoms with Crippen molar-refractivity contribution in [3.63, 3.8) is 0 Å². The molecule has 1 aliphatic heterocycles. The molecule has 0 bridgehead atoms. The zero-order valence-electron chi connectivity index (χ0n) is 16.4. The van der Waals surface area contributed by atoms with Crippen LogP contribution < -0.4 is 15.5 Å². The van der Waals surface area contributed by atoms with Crippen molar-refractivity contribution in [2.45, 2.75) is 57.4 Å². The molecule has 28 heavy (non-hydrogen) atoms. The van der Waals surface area contributed by atoms with E-state index in [9.17, 15) is 4.79 Å². The highest BCUT2D eigenvalue weighted by molar-refractivity contribution is 6.03. The fourth-order valence-electron chi connectivity index (χ4n) is 4.12. The first-order valence-corrected chi connectivity index (χ1v) is 10.5. The molecule has 0 spiro atoms. The van der Waals surface area contributed by atoms with Crippen LogP contribution in [0.15, 0.2) is 36.7 Å². The molecule has 148 valence electrons. The normalized spacial score (nSPS) is 17.9. The fourth-order valence-corrected chi connectivity index (χ4v) is 4.12. The average molecular weight is 380 g/mol. The van der Waals surface area contributed by atoms with Crippen LogP contribution in [0, 0.1) is 0 Å². The van der Waals surface area contributed by atoms with Crippen molar-refractivity contribution in [2.75, 3.05) is 28.6 Å². The third-order valence-corrected chi connectivity index (χ3v) is 5.70. The van der Waals surface area contributed by atoms with Crippen LogP contribution in [0.3, 0.4) is 0 Å². The van der Waals surface area contributed by atoms with Crippen molar-refractivity contribution in [1.29, 1.82) is 0 Å². The van der Waals surface area contributed by atoms with E-state index < -0.39 is 0 Å². The molecule has 2 aromatic rings. The Morgan fingerprint density at radius 2 is 1.64 bits per heavy atom. The number of hydrogen-bond acceptors (Lipinski definition) is 5. The molecule has 1 saturated carbocycles. The molecule has 0 unspecified atom stereocenters. The van der Waals surface area contributed by atoms with E-state index in [2.05, 4.69) is 37.6 Å². The molecule has 0 atom stereocenters. The molecule has 1 aliphatic carbocycles. The maximum Gasteiger partial charge on any atom is 0.274 e. The summed E-state index contributed by atoms with van der Waals surface area (Å²) in [7, 11) is 0. The van der Waals surface area contributed by atoms with Crippen molar-refractivity contribution in [3.8, 4) is 0 Å². The van der Waals surface area contributed by atoms with Crippen LogP contribution in [0.4, 0.5) is 17.2 Å². The number of hydrogen-bond donors (Lipinski definition) is 2. The Hall–Kier alpha value is -2.63. The Morgan fingerprint density at radius 3 is 2.36 bits per heavy atom. The molecule has 4 rings (SSSR count). The zero-order chi connectivity index (χ0) is 19.2. The van der Waals surface area contributed by atoms with Gasteiger partial charge in [0.25, 0.3) is 5.91 Å². The molecule has 2 heterocycles. The molecule has 2 aliphatic rings. The number of rotatable bonds is 5. The predicted octanol–water partition coefficient (Wildman–Crippen LogP) is 4.46. The Labute approximate surface area is 166 Å². The van der Waals surface area contributed by atoms with E-state index in [-0.39, 0.29) is 5.91 Å². The van der Waals surface area contributed by atoms with E-state index >= 15 is 0 Å². The standard InChI is InChI=1S/C22H29N5O/c28-22(26-18-9-11-19(12-10-18)27-13-5-6-14-27)20-15-21(24-16-23-20)25-17-7-3-1-2-4-8-17/h9-12,15-17H,1-8,13-14H2,(H,26,28)(H,23,24,25). The number of amides is 1. The predicted molar refractivity (Wildman–Crippen MR) is 113 cm³/mol. The van der Waals surface area contributed by atoms with E-state index in [1.165, 1.54) is 50.5 Å². The molecule has 6 nitrogen and oxygen atoms in total. The number of carbonyl (C=O) groups is 1. The van der Waals surface area contributed by atoms with E-state index in [0.717, 1.165) is 37.4 Å². The number of aromatic nitrogens is 2. The van der Waals surface area contributed by atoms with Crippen LogP contribution in [0.1, 0.15) is 61.9 Å². The quantitative estimate of drug-likeness (QED) is 0.751. The summed E-state index contributed by atoms with van der Waals surface area (Å²) >= 11 is 0. The van der Waals surface area contributed by atoms with Crippen molar-refractivity contribution in [2.24, 2.45) is 0 Å². The van der Waals surface area contributed by atoms with E-state index in [1.807, 2.05) is 12.1 Å². The Balaban J connectivity index is 1.37. The SMILES string of the molecule is O=C(Nc1ccc(N2CCCC2)cc1)c1cc(NC2CCCCCC2)ncn1. The van der Waals surface area contributed by atoms with Gasteiger partial charge in [-0.1, -0.05) is 25.7 Å². The first-order valence-electron chi connectivity index (χ1n) is 10.5. The summed E-state index contributed by atoms with van der Waals surface area (Å²) < 4.78 is 0. The minimum Gasteiger partial charge on any atom is -0.372 e. The number of carbonyl (C=O) groups excluding carboxylic acids is 1. The highest BCUT2D eigenvalue weighted by Crippen LogP contribution is 2.23. The molecule has 1 saturated heterocycles. The second-order valence-electron chi connectivity index (χ2n) is 7.82. The maximum absolute atomic E-state index is 12.6. The summed E-state index contributed by atoms with van der Waals surface area (Å²) in [6, 6.07) is 10.2. The van der Waals surface area contributed by atoms with Crippen molar-refractivity contribution in [1.82, 2.24) is 9.97 Å². The van der Waals surface area contributed by atoms with Gasteiger partial charge >= 0.3 is 0 Å². The van der Waals surface area contributed by atoms with Crippen molar-refractivity contribution in [3.05, 3.63) is 42.4 Å². The average Bonchev–Trinajstić information content (AvgIpc) is 3.14. The number of nitrogens with one attached hydrogen (secondary N) is 2. The second kappa shape index (κ2) is 9.04. The van der Waals surface area contributed by atoms with Crippen LogP contribution in [0.25, 0.3) is 0 Å². The monoisotopic (exact) mass is 379 g/mol. The molecule has 2 N–H and O–H groups in total. The summed E-state index contributed by atoms with van der Waals surface area (Å²) in [6.07, 6.45) is 11.4. The molecule has 6 heteroatoms. The molecular formula is C22H29N5O. The summed E-state index contributed by atoms with van der Waals surface area (Å²) in [5, 5.41) is 6.42. The molecular weight excluding hydrogens is 350 g/mol. The number of benzene rings is 1. The Kier molecular flexibility index (Phi) is 6.04. The first kappa shape index (κ1) is 18.7. The lowest BCUT2D eigenvalue weighted by molar-refractivity contribution is 0.102. The smallest absolute Gasteiger partial charge is 0.274 e. The highest BCUT2D eigenvalue weighted by Gasteiger charge is 2.15. The lowest BCUT2D eigenvalue weighted by Crippen LogP contribution is -2.20. The van der Waals surface area contributed by atoms with E-state index in [0.29, 0.717) is 11.7 Å². The van der Waals surface area contributed by atoms with Crippen LogP contribution >= 0.6 is 0 Å². The lowest BCUT2D eigenvalue weighted by Gasteiger charge is -2.18. The summed E-state index contributed by atoms with van der Waals surface area (Å²) in [5.41, 5.74) is 2.38. The number of anilines is 3. The largest absolute Gasteiger partial charge is 0.372 e. The first-order chi connectivity index (χ1) is 13.8. The van der Waals surface area contributed by atoms with E-state index in [4.69, 9.17) is 0 Å². The van der Waals surface area contributed by atoms with Crippen molar-refractivity contribution >= 4 is 23.1 Å². The number of nitrogens with zero attached hydrogens (tertiary/aromatic N) is 3. The van der Waals surface area contributed by atoms with Gasteiger partial charge in [-0.15, -0.1) is 0 Å². The molecule has 1 aromatic carbocycles. The van der Waals surface area contributed by atoms with Gasteiger partial charge < -0.3 is 15.5 Å². The van der Waals surface area contributed by atoms with E-state index in [1.54, 1.807) is 6.07 Å². The minimum absolute atomic E-state index is 0.208. The highest BCUT2D eigenvalue weighted by atomic mass is 16.1. The van der Waals surface area contributed by atoms with Crippen LogP contribution in [0.2, 0.25) is 0 Å². The molecule has 0 radical (unpaired) electrons. The molecule has 2 fully saturated rings. The van der Waals surface area contributed by atoms with Crippen LogP contribution in [-0.2, 0) is 0 Å². The second-order valence-corrected chi connectivity index (χ2v) is 7.82. The van der Waals surface area contributed by atoms with Gasteiger partial charge in [0.1, 0.15) is 17.8 Å². The van der Waals surface area contributed by atoms with Crippen LogP contribution in [0.5, 0.6) is 0 Å². The van der Waals surface area contributed by atoms with Gasteiger partial charge in [0.05, 0.1) is 0 Å². The maximum atomic E-state index is 12.6. The van der Waals surface area contributed by atoms with Gasteiger partial charge in [-0.25, -0.2) is 9.97 Å². The molecule has 1 amide bonds. The third kappa shape index (κ3) is 4.80. The molecule has 1 aromatic heterocycles. The third-order valence-electron chi connectivity index (χ3n) is 5.70. The van der Waals surface area contributed by atoms with Gasteiger partial charge in [-0.3, -0.25) is 4.79 Å². The summed E-state index contributed by atoms with van der Waals surface area (Å²) in [4.78, 5) is 23.4. The lowest BCUT2D eigenvalue weighted by atomic mass is 10.1. The van der Waals surface area contributed by atoms with Gasteiger partial charge in [0, 0.05) is 36.6 Å². The van der Waals surface area contributed by atoms with Crippen molar-refractivity contribution < 1.29 is 4.79 Å². The summed E-state index contributed by atoms with van der Waals surface area (Å²) in [6.45, 7) is 2.23. The zero-order valence-corrected chi connectivity index (χ0v) is 16.4. The minimum atomic E-state index is -0.208. The Morgan fingerprint density at radius 1 is 0.929 bits per heavy atom. The topological polar surface area (TPSA) is 70.2 Å². The van der Waals surface area contributed by atoms with Gasteiger partial charge in [0.2, 0.25) is 0 Å². The summed E-state index contributed by atoms with van der Waals surface area (Å²) in [5.74, 6) is 0.525. The van der Waals surface area contributed by atoms with Crippen LogP contribution in [-0.4, -0.2) is 35.0 Å².